The van der Waals surface area contributed by atoms with Crippen LogP contribution in [-0.4, -0.2) is 17.7 Å². The maximum atomic E-state index is 12.0. The van der Waals surface area contributed by atoms with Crippen molar-refractivity contribution in [2.24, 2.45) is 5.92 Å². The molecule has 2 rings (SSSR count). The first-order chi connectivity index (χ1) is 9.58. The van der Waals surface area contributed by atoms with E-state index in [0.29, 0.717) is 28.4 Å². The molecule has 1 aliphatic rings. The van der Waals surface area contributed by atoms with E-state index < -0.39 is 0 Å². The maximum Gasteiger partial charge on any atom is 0.230 e. The predicted octanol–water partition coefficient (Wildman–Crippen LogP) is 3.71. The Morgan fingerprint density at radius 1 is 1.45 bits per heavy atom. The Labute approximate surface area is 129 Å². The lowest BCUT2D eigenvalue weighted by atomic mass is 9.86. The van der Waals surface area contributed by atoms with Gasteiger partial charge in [0.1, 0.15) is 0 Å². The SMILES string of the molecule is CC1CCCCC1NC(=O)CSc1c(N)cccc1Cl. The first-order valence-electron chi connectivity index (χ1n) is 7.04. The number of nitrogens with two attached hydrogens (primary N) is 1. The zero-order chi connectivity index (χ0) is 14.5. The number of carbonyl (C=O) groups excluding carboxylic acids is 1. The fourth-order valence-electron chi connectivity index (χ4n) is 2.59. The molecule has 20 heavy (non-hydrogen) atoms. The number of hydrogen-bond donors (Lipinski definition) is 2. The molecule has 0 spiro atoms. The van der Waals surface area contributed by atoms with Crippen LogP contribution in [0.2, 0.25) is 5.02 Å². The van der Waals surface area contributed by atoms with Crippen molar-refractivity contribution in [3.05, 3.63) is 23.2 Å². The fourth-order valence-corrected chi connectivity index (χ4v) is 3.74. The topological polar surface area (TPSA) is 55.1 Å². The van der Waals surface area contributed by atoms with Gasteiger partial charge in [0.25, 0.3) is 0 Å². The van der Waals surface area contributed by atoms with Gasteiger partial charge in [-0.1, -0.05) is 37.4 Å². The van der Waals surface area contributed by atoms with Crippen LogP contribution in [0.5, 0.6) is 0 Å². The number of thioether (sulfide) groups is 1. The van der Waals surface area contributed by atoms with Crippen molar-refractivity contribution in [2.45, 2.75) is 43.5 Å². The summed E-state index contributed by atoms with van der Waals surface area (Å²) in [5, 5.41) is 3.74. The molecule has 1 amide bonds. The van der Waals surface area contributed by atoms with E-state index in [9.17, 15) is 4.79 Å². The molecule has 0 aromatic heterocycles. The largest absolute Gasteiger partial charge is 0.398 e. The molecule has 0 radical (unpaired) electrons. The van der Waals surface area contributed by atoms with Crippen molar-refractivity contribution in [2.75, 3.05) is 11.5 Å². The second-order valence-corrected chi connectivity index (χ2v) is 6.78. The fraction of sp³-hybridized carbons (Fsp3) is 0.533. The molecule has 1 fully saturated rings. The Kier molecular flexibility index (Phi) is 5.61. The van der Waals surface area contributed by atoms with Crippen LogP contribution < -0.4 is 11.1 Å². The lowest BCUT2D eigenvalue weighted by Crippen LogP contribution is -2.41. The number of halogens is 1. The van der Waals surface area contributed by atoms with Gasteiger partial charge in [0.2, 0.25) is 5.91 Å². The average molecular weight is 313 g/mol. The summed E-state index contributed by atoms with van der Waals surface area (Å²) in [7, 11) is 0. The Bertz CT molecular complexity index is 461. The van der Waals surface area contributed by atoms with Crippen LogP contribution in [0.1, 0.15) is 32.6 Å². The van der Waals surface area contributed by atoms with E-state index in [1.165, 1.54) is 31.0 Å². The van der Waals surface area contributed by atoms with E-state index in [1.807, 2.05) is 6.07 Å². The first-order valence-corrected chi connectivity index (χ1v) is 8.40. The molecule has 5 heteroatoms. The summed E-state index contributed by atoms with van der Waals surface area (Å²) < 4.78 is 0. The van der Waals surface area contributed by atoms with Crippen LogP contribution in [0.3, 0.4) is 0 Å². The van der Waals surface area contributed by atoms with Gasteiger partial charge in [-0.3, -0.25) is 4.79 Å². The quantitative estimate of drug-likeness (QED) is 0.658. The molecule has 0 bridgehead atoms. The zero-order valence-corrected chi connectivity index (χ0v) is 13.3. The molecule has 1 saturated carbocycles. The molecule has 1 aromatic rings. The summed E-state index contributed by atoms with van der Waals surface area (Å²) in [4.78, 5) is 12.8. The predicted molar refractivity (Wildman–Crippen MR) is 86.2 cm³/mol. The molecule has 0 saturated heterocycles. The van der Waals surface area contributed by atoms with Crippen LogP contribution in [0.4, 0.5) is 5.69 Å². The van der Waals surface area contributed by atoms with Crippen molar-refractivity contribution in [1.82, 2.24) is 5.32 Å². The van der Waals surface area contributed by atoms with E-state index >= 15 is 0 Å². The number of carbonyl (C=O) groups is 1. The Hall–Kier alpha value is -0.870. The molecular formula is C15H21ClN2OS. The number of anilines is 1. The number of nitrogen functional groups attached to an aromatic ring is 1. The standard InChI is InChI=1S/C15H21ClN2OS/c1-10-5-2-3-8-13(10)18-14(19)9-20-15-11(16)6-4-7-12(15)17/h4,6-7,10,13H,2-3,5,8-9,17H2,1H3,(H,18,19). The molecule has 0 aliphatic heterocycles. The number of nitrogens with one attached hydrogen (secondary N) is 1. The Morgan fingerprint density at radius 2 is 2.20 bits per heavy atom. The lowest BCUT2D eigenvalue weighted by Gasteiger charge is -2.29. The maximum absolute atomic E-state index is 12.0. The van der Waals surface area contributed by atoms with E-state index in [1.54, 1.807) is 12.1 Å². The summed E-state index contributed by atoms with van der Waals surface area (Å²) >= 11 is 7.50. The highest BCUT2D eigenvalue weighted by Crippen LogP contribution is 2.32. The number of amides is 1. The highest BCUT2D eigenvalue weighted by molar-refractivity contribution is 8.00. The summed E-state index contributed by atoms with van der Waals surface area (Å²) in [6.07, 6.45) is 4.78. The molecule has 2 atom stereocenters. The van der Waals surface area contributed by atoms with Gasteiger partial charge in [-0.25, -0.2) is 0 Å². The van der Waals surface area contributed by atoms with Crippen LogP contribution in [-0.2, 0) is 4.79 Å². The van der Waals surface area contributed by atoms with Gasteiger partial charge in [-0.15, -0.1) is 11.8 Å². The summed E-state index contributed by atoms with van der Waals surface area (Å²) in [5.74, 6) is 0.994. The minimum absolute atomic E-state index is 0.0630. The van der Waals surface area contributed by atoms with Gasteiger partial charge in [0, 0.05) is 16.6 Å². The molecule has 1 aromatic carbocycles. The Balaban J connectivity index is 1.86. The van der Waals surface area contributed by atoms with E-state index in [4.69, 9.17) is 17.3 Å². The summed E-state index contributed by atoms with van der Waals surface area (Å²) in [6.45, 7) is 2.21. The normalized spacial score (nSPS) is 22.5. The van der Waals surface area contributed by atoms with Crippen molar-refractivity contribution in [3.8, 4) is 0 Å². The number of benzene rings is 1. The van der Waals surface area contributed by atoms with Gasteiger partial charge >= 0.3 is 0 Å². The summed E-state index contributed by atoms with van der Waals surface area (Å²) in [5.41, 5.74) is 6.50. The third kappa shape index (κ3) is 4.06. The molecule has 2 unspecified atom stereocenters. The number of hydrogen-bond acceptors (Lipinski definition) is 3. The van der Waals surface area contributed by atoms with Crippen LogP contribution in [0.25, 0.3) is 0 Å². The van der Waals surface area contributed by atoms with E-state index in [0.717, 1.165) is 11.3 Å². The molecule has 0 heterocycles. The average Bonchev–Trinajstić information content (AvgIpc) is 2.41. The first kappa shape index (κ1) is 15.5. The van der Waals surface area contributed by atoms with E-state index in [-0.39, 0.29) is 5.91 Å². The lowest BCUT2D eigenvalue weighted by molar-refractivity contribution is -0.119. The van der Waals surface area contributed by atoms with Gasteiger partial charge in [-0.2, -0.15) is 0 Å². The highest BCUT2D eigenvalue weighted by atomic mass is 35.5. The molecular weight excluding hydrogens is 292 g/mol. The smallest absolute Gasteiger partial charge is 0.230 e. The number of rotatable bonds is 4. The van der Waals surface area contributed by atoms with Crippen LogP contribution in [0.15, 0.2) is 23.1 Å². The van der Waals surface area contributed by atoms with Crippen molar-refractivity contribution in [1.29, 1.82) is 0 Å². The molecule has 1 aliphatic carbocycles. The minimum Gasteiger partial charge on any atom is -0.398 e. The van der Waals surface area contributed by atoms with Gasteiger partial charge in [0.05, 0.1) is 10.8 Å². The highest BCUT2D eigenvalue weighted by Gasteiger charge is 2.22. The molecule has 3 nitrogen and oxygen atoms in total. The van der Waals surface area contributed by atoms with Crippen LogP contribution in [0, 0.1) is 5.92 Å². The molecule has 110 valence electrons. The van der Waals surface area contributed by atoms with Gasteiger partial charge in [0.15, 0.2) is 0 Å². The van der Waals surface area contributed by atoms with Crippen molar-refractivity contribution in [3.63, 3.8) is 0 Å². The molecule has 3 N–H and O–H groups in total. The van der Waals surface area contributed by atoms with E-state index in [2.05, 4.69) is 12.2 Å². The monoisotopic (exact) mass is 312 g/mol. The van der Waals surface area contributed by atoms with Gasteiger partial charge in [-0.05, 0) is 30.9 Å². The van der Waals surface area contributed by atoms with Crippen molar-refractivity contribution >= 4 is 35.0 Å². The third-order valence-corrected chi connectivity index (χ3v) is 5.38. The Morgan fingerprint density at radius 3 is 2.90 bits per heavy atom. The van der Waals surface area contributed by atoms with Crippen molar-refractivity contribution < 1.29 is 4.79 Å². The van der Waals surface area contributed by atoms with Crippen LogP contribution >= 0.6 is 23.4 Å². The second-order valence-electron chi connectivity index (χ2n) is 5.38. The minimum atomic E-state index is 0.0630. The second kappa shape index (κ2) is 7.23. The van der Waals surface area contributed by atoms with Gasteiger partial charge < -0.3 is 11.1 Å². The zero-order valence-electron chi connectivity index (χ0n) is 11.7. The summed E-state index contributed by atoms with van der Waals surface area (Å²) in [6, 6.07) is 5.72. The third-order valence-electron chi connectivity index (χ3n) is 3.80.